The molecule has 30 heavy (non-hydrogen) atoms. The number of aromatic carboxylic acids is 1. The van der Waals surface area contributed by atoms with Crippen molar-refractivity contribution in [2.75, 3.05) is 23.3 Å². The zero-order chi connectivity index (χ0) is 21.0. The monoisotopic (exact) mass is 428 g/mol. The maximum atomic E-state index is 15.1. The predicted molar refractivity (Wildman–Crippen MR) is 114 cm³/mol. The van der Waals surface area contributed by atoms with E-state index < -0.39 is 17.2 Å². The fraction of sp³-hybridized carbons (Fsp3) is 0.381. The Bertz CT molecular complexity index is 1230. The maximum absolute atomic E-state index is 15.1. The lowest BCUT2D eigenvalue weighted by atomic mass is 10.1. The third-order valence-corrected chi connectivity index (χ3v) is 6.71. The fourth-order valence-electron chi connectivity index (χ4n) is 4.04. The van der Waals surface area contributed by atoms with Crippen LogP contribution in [-0.4, -0.2) is 33.7 Å². The summed E-state index contributed by atoms with van der Waals surface area (Å²) in [7, 11) is 0. The highest BCUT2D eigenvalue weighted by atomic mass is 32.1. The third kappa shape index (κ3) is 3.13. The Morgan fingerprint density at radius 3 is 2.90 bits per heavy atom. The highest BCUT2D eigenvalue weighted by Crippen LogP contribution is 2.39. The number of hydrogen-bond acceptors (Lipinski definition) is 6. The van der Waals surface area contributed by atoms with E-state index in [4.69, 9.17) is 0 Å². The molecule has 3 heterocycles. The van der Waals surface area contributed by atoms with Crippen molar-refractivity contribution < 1.29 is 14.3 Å². The van der Waals surface area contributed by atoms with Crippen molar-refractivity contribution in [3.05, 3.63) is 50.5 Å². The molecule has 0 unspecified atom stereocenters. The van der Waals surface area contributed by atoms with Crippen LogP contribution in [0.3, 0.4) is 0 Å². The van der Waals surface area contributed by atoms with Crippen LogP contribution in [0, 0.1) is 5.82 Å². The van der Waals surface area contributed by atoms with Crippen molar-refractivity contribution in [1.82, 2.24) is 9.55 Å². The molecule has 156 valence electrons. The zero-order valence-corrected chi connectivity index (χ0v) is 17.3. The van der Waals surface area contributed by atoms with Crippen molar-refractivity contribution >= 4 is 39.0 Å². The molecule has 1 saturated carbocycles. The minimum absolute atomic E-state index is 0.118. The molecule has 7 nitrogen and oxygen atoms in total. The van der Waals surface area contributed by atoms with Gasteiger partial charge in [-0.2, -0.15) is 0 Å². The highest BCUT2D eigenvalue weighted by Gasteiger charge is 2.29. The molecule has 2 aromatic heterocycles. The smallest absolute Gasteiger partial charge is 0.341 e. The van der Waals surface area contributed by atoms with E-state index in [2.05, 4.69) is 10.3 Å². The van der Waals surface area contributed by atoms with Crippen LogP contribution in [0.4, 0.5) is 15.2 Å². The lowest BCUT2D eigenvalue weighted by molar-refractivity contribution is 0.0695. The number of nitrogens with zero attached hydrogens (tertiary/aromatic N) is 3. The zero-order valence-electron chi connectivity index (χ0n) is 16.4. The molecule has 1 fully saturated rings. The van der Waals surface area contributed by atoms with Gasteiger partial charge in [-0.15, -0.1) is 0 Å². The molecule has 1 aliphatic carbocycles. The number of carbonyl (C=O) groups is 1. The number of nitrogens with one attached hydrogen (secondary N) is 1. The molecule has 5 rings (SSSR count). The highest BCUT2D eigenvalue weighted by molar-refractivity contribution is 7.15. The first-order valence-electron chi connectivity index (χ1n) is 10.1. The van der Waals surface area contributed by atoms with Crippen LogP contribution >= 0.6 is 11.3 Å². The Labute approximate surface area is 175 Å². The second-order valence-corrected chi connectivity index (χ2v) is 8.81. The van der Waals surface area contributed by atoms with Gasteiger partial charge in [0.2, 0.25) is 5.43 Å². The number of aromatic nitrogens is 2. The van der Waals surface area contributed by atoms with Gasteiger partial charge < -0.3 is 19.9 Å². The minimum atomic E-state index is -1.29. The van der Waals surface area contributed by atoms with Gasteiger partial charge in [-0.25, -0.2) is 14.2 Å². The van der Waals surface area contributed by atoms with Crippen LogP contribution in [0.25, 0.3) is 10.9 Å². The topological polar surface area (TPSA) is 87.5 Å². The van der Waals surface area contributed by atoms with Gasteiger partial charge in [-0.3, -0.25) is 4.79 Å². The van der Waals surface area contributed by atoms with Crippen molar-refractivity contribution in [3.8, 4) is 0 Å². The van der Waals surface area contributed by atoms with E-state index >= 15 is 4.39 Å². The Morgan fingerprint density at radius 2 is 2.20 bits per heavy atom. The van der Waals surface area contributed by atoms with Crippen LogP contribution in [0.5, 0.6) is 0 Å². The average Bonchev–Trinajstić information content (AvgIpc) is 3.47. The van der Waals surface area contributed by atoms with Crippen LogP contribution in [0.1, 0.15) is 46.7 Å². The summed E-state index contributed by atoms with van der Waals surface area (Å²) in [6.45, 7) is 4.01. The first-order chi connectivity index (χ1) is 14.5. The summed E-state index contributed by atoms with van der Waals surface area (Å²) in [6.07, 6.45) is 3.98. The summed E-state index contributed by atoms with van der Waals surface area (Å²) in [5.74, 6) is -1.80. The molecule has 1 aromatic carbocycles. The Balaban J connectivity index is 1.59. The van der Waals surface area contributed by atoms with Gasteiger partial charge in [0.25, 0.3) is 0 Å². The van der Waals surface area contributed by atoms with E-state index in [1.807, 2.05) is 16.4 Å². The van der Waals surface area contributed by atoms with Crippen LogP contribution < -0.4 is 15.6 Å². The van der Waals surface area contributed by atoms with E-state index in [1.54, 1.807) is 17.4 Å². The molecule has 0 amide bonds. The molecular formula is C21H21FN4O3S. The predicted octanol–water partition coefficient (Wildman–Crippen LogP) is 3.62. The van der Waals surface area contributed by atoms with E-state index in [1.165, 1.54) is 12.3 Å². The third-order valence-electron chi connectivity index (χ3n) is 5.67. The summed E-state index contributed by atoms with van der Waals surface area (Å²) >= 11 is 1.59. The molecule has 0 saturated heterocycles. The van der Waals surface area contributed by atoms with Crippen LogP contribution in [0.15, 0.2) is 23.1 Å². The van der Waals surface area contributed by atoms with Gasteiger partial charge >= 0.3 is 5.97 Å². The van der Waals surface area contributed by atoms with Crippen molar-refractivity contribution in [1.29, 1.82) is 0 Å². The van der Waals surface area contributed by atoms with Crippen molar-refractivity contribution in [2.24, 2.45) is 0 Å². The number of benzene rings is 1. The van der Waals surface area contributed by atoms with Gasteiger partial charge in [0.15, 0.2) is 5.13 Å². The Hall–Kier alpha value is -2.94. The standard InChI is InChI=1S/C21H21FN4O3S/c1-2-23-21-24-15-5-6-25(10-18(15)30-21)17-8-16-12(7-14(17)22)19(27)13(20(28)29)9-26(16)11-3-4-11/h7-9,11H,2-6,10H2,1H3,(H,23,24)(H,28,29). The summed E-state index contributed by atoms with van der Waals surface area (Å²) in [5, 5.41) is 13.6. The number of pyridine rings is 1. The Kier molecular flexibility index (Phi) is 4.50. The molecule has 0 radical (unpaired) electrons. The van der Waals surface area contributed by atoms with E-state index in [-0.39, 0.29) is 17.0 Å². The van der Waals surface area contributed by atoms with Gasteiger partial charge in [-0.05, 0) is 31.9 Å². The second kappa shape index (κ2) is 7.09. The fourth-order valence-corrected chi connectivity index (χ4v) is 5.13. The van der Waals surface area contributed by atoms with Gasteiger partial charge in [-0.1, -0.05) is 11.3 Å². The molecule has 1 aliphatic heterocycles. The van der Waals surface area contributed by atoms with E-state index in [0.717, 1.165) is 41.5 Å². The normalized spacial score (nSPS) is 16.0. The molecule has 2 N–H and O–H groups in total. The number of fused-ring (bicyclic) bond motifs is 2. The molecular weight excluding hydrogens is 407 g/mol. The van der Waals surface area contributed by atoms with Gasteiger partial charge in [0.05, 0.1) is 23.4 Å². The molecule has 0 atom stereocenters. The summed E-state index contributed by atoms with van der Waals surface area (Å²) in [5.41, 5.74) is 1.12. The number of anilines is 2. The van der Waals surface area contributed by atoms with Gasteiger partial charge in [0, 0.05) is 42.0 Å². The number of carboxylic acid groups (broad SMARTS) is 1. The first-order valence-corrected chi connectivity index (χ1v) is 10.9. The SMILES string of the molecule is CCNc1nc2c(s1)CN(c1cc3c(cc1F)c(=O)c(C(=O)O)cn3C1CC1)CC2. The number of hydrogen-bond donors (Lipinski definition) is 2. The summed E-state index contributed by atoms with van der Waals surface area (Å²) in [4.78, 5) is 31.8. The number of rotatable bonds is 5. The van der Waals surface area contributed by atoms with E-state index in [0.29, 0.717) is 24.3 Å². The Morgan fingerprint density at radius 1 is 1.40 bits per heavy atom. The molecule has 9 heteroatoms. The van der Waals surface area contributed by atoms with Crippen LogP contribution in [0.2, 0.25) is 0 Å². The largest absolute Gasteiger partial charge is 0.477 e. The lowest BCUT2D eigenvalue weighted by Crippen LogP contribution is -2.30. The molecule has 3 aromatic rings. The number of thiazole rings is 1. The number of halogens is 1. The minimum Gasteiger partial charge on any atom is -0.477 e. The lowest BCUT2D eigenvalue weighted by Gasteiger charge is -2.29. The summed E-state index contributed by atoms with van der Waals surface area (Å²) < 4.78 is 16.9. The van der Waals surface area contributed by atoms with Gasteiger partial charge in [0.1, 0.15) is 11.4 Å². The second-order valence-electron chi connectivity index (χ2n) is 7.73. The maximum Gasteiger partial charge on any atom is 0.341 e. The van der Waals surface area contributed by atoms with E-state index in [9.17, 15) is 14.7 Å². The van der Waals surface area contributed by atoms with Crippen molar-refractivity contribution in [2.45, 2.75) is 38.8 Å². The number of carboxylic acids is 1. The molecule has 0 bridgehead atoms. The average molecular weight is 428 g/mol. The summed E-state index contributed by atoms with van der Waals surface area (Å²) in [6, 6.07) is 3.05. The van der Waals surface area contributed by atoms with Crippen LogP contribution in [-0.2, 0) is 13.0 Å². The molecule has 0 spiro atoms. The molecule has 2 aliphatic rings. The quantitative estimate of drug-likeness (QED) is 0.645. The first kappa shape index (κ1) is 19.0. The van der Waals surface area contributed by atoms with Crippen molar-refractivity contribution in [3.63, 3.8) is 0 Å².